The van der Waals surface area contributed by atoms with Gasteiger partial charge in [-0.3, -0.25) is 0 Å². The van der Waals surface area contributed by atoms with Gasteiger partial charge in [0.25, 0.3) is 0 Å². The van der Waals surface area contributed by atoms with Crippen LogP contribution in [0.25, 0.3) is 0 Å². The SMILES string of the molecule is CSc1cc(Br)cc2c1N(C)[C@H]1CCNC[C@@H]21. The molecule has 0 amide bonds. The number of thioether (sulfide) groups is 1. The predicted octanol–water partition coefficient (Wildman–Crippen LogP) is 3.07. The van der Waals surface area contributed by atoms with Crippen LogP contribution in [-0.2, 0) is 0 Å². The molecule has 92 valence electrons. The number of piperidine rings is 1. The van der Waals surface area contributed by atoms with Gasteiger partial charge in [0.2, 0.25) is 0 Å². The zero-order chi connectivity index (χ0) is 12.0. The van der Waals surface area contributed by atoms with Crippen molar-refractivity contribution >= 4 is 33.4 Å². The van der Waals surface area contributed by atoms with Crippen LogP contribution in [0.5, 0.6) is 0 Å². The van der Waals surface area contributed by atoms with Gasteiger partial charge in [0.05, 0.1) is 5.69 Å². The summed E-state index contributed by atoms with van der Waals surface area (Å²) in [4.78, 5) is 3.89. The van der Waals surface area contributed by atoms with E-state index in [1.54, 1.807) is 0 Å². The van der Waals surface area contributed by atoms with Gasteiger partial charge in [-0.15, -0.1) is 11.8 Å². The lowest BCUT2D eigenvalue weighted by atomic mass is 9.90. The second-order valence-electron chi connectivity index (χ2n) is 4.82. The molecule has 0 radical (unpaired) electrons. The van der Waals surface area contributed by atoms with E-state index in [1.165, 1.54) is 27.0 Å². The minimum atomic E-state index is 0.659. The lowest BCUT2D eigenvalue weighted by Crippen LogP contribution is -2.42. The van der Waals surface area contributed by atoms with Crippen LogP contribution in [0.2, 0.25) is 0 Å². The highest BCUT2D eigenvalue weighted by molar-refractivity contribution is 9.10. The number of fused-ring (bicyclic) bond motifs is 3. The van der Waals surface area contributed by atoms with Crippen molar-refractivity contribution in [3.05, 3.63) is 22.2 Å². The number of likely N-dealkylation sites (N-methyl/N-ethyl adjacent to an activating group) is 1. The molecule has 0 aliphatic carbocycles. The predicted molar refractivity (Wildman–Crippen MR) is 78.3 cm³/mol. The van der Waals surface area contributed by atoms with Gasteiger partial charge in [-0.05, 0) is 36.9 Å². The molecule has 0 aromatic heterocycles. The van der Waals surface area contributed by atoms with Crippen molar-refractivity contribution in [1.29, 1.82) is 0 Å². The average molecular weight is 313 g/mol. The summed E-state index contributed by atoms with van der Waals surface area (Å²) >= 11 is 5.49. The summed E-state index contributed by atoms with van der Waals surface area (Å²) in [6.45, 7) is 2.27. The Morgan fingerprint density at radius 2 is 2.29 bits per heavy atom. The topological polar surface area (TPSA) is 15.3 Å². The summed E-state index contributed by atoms with van der Waals surface area (Å²) in [6, 6.07) is 5.24. The number of hydrogen-bond acceptors (Lipinski definition) is 3. The van der Waals surface area contributed by atoms with E-state index < -0.39 is 0 Å². The monoisotopic (exact) mass is 312 g/mol. The minimum Gasteiger partial charge on any atom is -0.370 e. The number of benzene rings is 1. The Morgan fingerprint density at radius 1 is 1.47 bits per heavy atom. The maximum absolute atomic E-state index is 3.64. The third-order valence-electron chi connectivity index (χ3n) is 3.98. The van der Waals surface area contributed by atoms with Crippen LogP contribution < -0.4 is 10.2 Å². The molecule has 1 aromatic carbocycles. The summed E-state index contributed by atoms with van der Waals surface area (Å²) in [5, 5.41) is 3.53. The van der Waals surface area contributed by atoms with Gasteiger partial charge < -0.3 is 10.2 Å². The zero-order valence-corrected chi connectivity index (χ0v) is 12.6. The Kier molecular flexibility index (Phi) is 3.13. The third kappa shape index (κ3) is 1.81. The van der Waals surface area contributed by atoms with Crippen molar-refractivity contribution < 1.29 is 0 Å². The Morgan fingerprint density at radius 3 is 3.06 bits per heavy atom. The Bertz CT molecular complexity index is 449. The molecule has 1 fully saturated rings. The molecule has 0 unspecified atom stereocenters. The first-order chi connectivity index (χ1) is 8.22. The Hall–Kier alpha value is -0.190. The normalized spacial score (nSPS) is 26.9. The van der Waals surface area contributed by atoms with E-state index in [9.17, 15) is 0 Å². The van der Waals surface area contributed by atoms with Gasteiger partial charge >= 0.3 is 0 Å². The quantitative estimate of drug-likeness (QED) is 0.802. The summed E-state index contributed by atoms with van der Waals surface area (Å²) in [5.41, 5.74) is 2.97. The highest BCUT2D eigenvalue weighted by Crippen LogP contribution is 2.47. The Balaban J connectivity index is 2.13. The first-order valence-corrected chi connectivity index (χ1v) is 8.05. The zero-order valence-electron chi connectivity index (χ0n) is 10.2. The van der Waals surface area contributed by atoms with Gasteiger partial charge in [-0.1, -0.05) is 15.9 Å². The highest BCUT2D eigenvalue weighted by Gasteiger charge is 2.39. The fraction of sp³-hybridized carbons (Fsp3) is 0.538. The molecule has 1 saturated heterocycles. The second-order valence-corrected chi connectivity index (χ2v) is 6.59. The van der Waals surface area contributed by atoms with Crippen LogP contribution in [-0.4, -0.2) is 32.4 Å². The van der Waals surface area contributed by atoms with E-state index >= 15 is 0 Å². The molecule has 0 bridgehead atoms. The average Bonchev–Trinajstić information content (AvgIpc) is 2.63. The van der Waals surface area contributed by atoms with Crippen LogP contribution >= 0.6 is 27.7 Å². The fourth-order valence-electron chi connectivity index (χ4n) is 3.20. The van der Waals surface area contributed by atoms with E-state index in [2.05, 4.69) is 51.6 Å². The van der Waals surface area contributed by atoms with Crippen molar-refractivity contribution in [3.8, 4) is 0 Å². The molecule has 2 aliphatic rings. The molecule has 1 N–H and O–H groups in total. The number of nitrogens with one attached hydrogen (secondary N) is 1. The first kappa shape index (κ1) is 11.9. The Labute approximate surface area is 115 Å². The molecular formula is C13H17BrN2S. The van der Waals surface area contributed by atoms with Crippen molar-refractivity contribution in [3.63, 3.8) is 0 Å². The van der Waals surface area contributed by atoms with Gasteiger partial charge in [0, 0.05) is 34.9 Å². The standard InChI is InChI=1S/C13H17BrN2S/c1-16-11-3-4-15-7-10(11)9-5-8(14)6-12(17-2)13(9)16/h5-6,10-11,15H,3-4,7H2,1-2H3/t10-,11-/m0/s1. The third-order valence-corrected chi connectivity index (χ3v) is 5.19. The molecule has 3 rings (SSSR count). The van der Waals surface area contributed by atoms with Crippen molar-refractivity contribution in [2.45, 2.75) is 23.3 Å². The number of rotatable bonds is 1. The lowest BCUT2D eigenvalue weighted by molar-refractivity contribution is 0.413. The van der Waals surface area contributed by atoms with Crippen molar-refractivity contribution in [2.24, 2.45) is 0 Å². The number of anilines is 1. The fourth-order valence-corrected chi connectivity index (χ4v) is 4.53. The molecule has 2 atom stereocenters. The van der Waals surface area contributed by atoms with Crippen LogP contribution in [0.4, 0.5) is 5.69 Å². The smallest absolute Gasteiger partial charge is 0.0541 e. The molecule has 2 heterocycles. The van der Waals surface area contributed by atoms with Crippen LogP contribution in [0.15, 0.2) is 21.5 Å². The molecule has 0 spiro atoms. The van der Waals surface area contributed by atoms with Gasteiger partial charge in [0.1, 0.15) is 0 Å². The molecule has 2 nitrogen and oxygen atoms in total. The van der Waals surface area contributed by atoms with E-state index in [0.717, 1.165) is 13.1 Å². The second kappa shape index (κ2) is 4.48. The van der Waals surface area contributed by atoms with Crippen molar-refractivity contribution in [2.75, 3.05) is 31.3 Å². The maximum Gasteiger partial charge on any atom is 0.0541 e. The van der Waals surface area contributed by atoms with E-state index in [-0.39, 0.29) is 0 Å². The summed E-state index contributed by atoms with van der Waals surface area (Å²) in [7, 11) is 2.25. The summed E-state index contributed by atoms with van der Waals surface area (Å²) in [5.74, 6) is 0.659. The lowest BCUT2D eigenvalue weighted by Gasteiger charge is -2.31. The van der Waals surface area contributed by atoms with Crippen molar-refractivity contribution in [1.82, 2.24) is 5.32 Å². The first-order valence-electron chi connectivity index (χ1n) is 6.03. The van der Waals surface area contributed by atoms with E-state index in [1.807, 2.05) is 11.8 Å². The van der Waals surface area contributed by atoms with Crippen LogP contribution in [0, 0.1) is 0 Å². The maximum atomic E-state index is 3.64. The number of halogens is 1. The summed E-state index contributed by atoms with van der Waals surface area (Å²) in [6.07, 6.45) is 3.41. The molecule has 4 heteroatoms. The number of nitrogens with zero attached hydrogens (tertiary/aromatic N) is 1. The van der Waals surface area contributed by atoms with E-state index in [0.29, 0.717) is 12.0 Å². The molecule has 0 saturated carbocycles. The minimum absolute atomic E-state index is 0.659. The molecule has 17 heavy (non-hydrogen) atoms. The summed E-state index contributed by atoms with van der Waals surface area (Å²) < 4.78 is 1.21. The highest BCUT2D eigenvalue weighted by atomic mass is 79.9. The molecule has 2 aliphatic heterocycles. The molecule has 1 aromatic rings. The molecular weight excluding hydrogens is 296 g/mol. The van der Waals surface area contributed by atoms with Gasteiger partial charge in [-0.25, -0.2) is 0 Å². The van der Waals surface area contributed by atoms with Gasteiger partial charge in [-0.2, -0.15) is 0 Å². The van der Waals surface area contributed by atoms with Gasteiger partial charge in [0.15, 0.2) is 0 Å². The largest absolute Gasteiger partial charge is 0.370 e. The van der Waals surface area contributed by atoms with Crippen LogP contribution in [0.3, 0.4) is 0 Å². The number of hydrogen-bond donors (Lipinski definition) is 1. The van der Waals surface area contributed by atoms with E-state index in [4.69, 9.17) is 0 Å². The van der Waals surface area contributed by atoms with Crippen LogP contribution in [0.1, 0.15) is 17.9 Å².